The van der Waals surface area contributed by atoms with Crippen LogP contribution in [0.4, 0.5) is 13.2 Å². The summed E-state index contributed by atoms with van der Waals surface area (Å²) in [4.78, 5) is 18.9. The average Bonchev–Trinajstić information content (AvgIpc) is 3.10. The maximum absolute atomic E-state index is 16.2. The highest BCUT2D eigenvalue weighted by molar-refractivity contribution is 7.88. The molecule has 1 aromatic heterocycles. The first-order valence-corrected chi connectivity index (χ1v) is 13.1. The highest BCUT2D eigenvalue weighted by Crippen LogP contribution is 2.59. The molecule has 1 saturated carbocycles. The van der Waals surface area contributed by atoms with Gasteiger partial charge in [-0.1, -0.05) is 35.5 Å². The molecule has 190 valence electrons. The maximum atomic E-state index is 16.2. The number of likely N-dealkylation sites (tertiary alicyclic amines) is 1. The van der Waals surface area contributed by atoms with Gasteiger partial charge in [0.15, 0.2) is 5.82 Å². The van der Waals surface area contributed by atoms with Gasteiger partial charge in [0.2, 0.25) is 21.8 Å². The molecule has 3 aromatic rings. The van der Waals surface area contributed by atoms with Gasteiger partial charge in [0.1, 0.15) is 22.8 Å². The summed E-state index contributed by atoms with van der Waals surface area (Å²) in [5, 5.41) is 3.72. The van der Waals surface area contributed by atoms with E-state index < -0.39 is 44.7 Å². The van der Waals surface area contributed by atoms with Gasteiger partial charge in [-0.3, -0.25) is 4.79 Å². The van der Waals surface area contributed by atoms with E-state index in [1.165, 1.54) is 23.1 Å². The molecule has 1 N–H and O–H groups in total. The van der Waals surface area contributed by atoms with E-state index >= 15 is 4.39 Å². The molecule has 2 aromatic carbocycles. The molecule has 0 bridgehead atoms. The molecule has 12 heteroatoms. The molecule has 8 nitrogen and oxygen atoms in total. The van der Waals surface area contributed by atoms with Crippen LogP contribution in [0.25, 0.3) is 11.1 Å². The third-order valence-corrected chi connectivity index (χ3v) is 7.46. The monoisotopic (exact) mass is 520 g/mol. The van der Waals surface area contributed by atoms with Crippen LogP contribution < -0.4 is 4.72 Å². The lowest BCUT2D eigenvalue weighted by Crippen LogP contribution is -2.48. The molecule has 1 aliphatic carbocycles. The molecular formula is C24H23F3N4O4S. The number of carbonyl (C=O) groups excluding carboxylic acids is 1. The van der Waals surface area contributed by atoms with E-state index in [0.717, 1.165) is 18.4 Å². The topological polar surface area (TPSA) is 105 Å². The standard InChI is InChI=1S/C24H23F3N4O4S/c1-14-28-22(35-29-14)23(30-36(2,33)34)10-11-31(13-23)21(32)17-12-24(17,27)16-7-4-3-6-15(16)20-18(25)8-5-9-19(20)26/h3-9,17,30H,10-13H2,1-2H3/t17-,23+,24+/m0/s1. The molecule has 36 heavy (non-hydrogen) atoms. The minimum absolute atomic E-state index is 0.0170. The smallest absolute Gasteiger partial charge is 0.249 e. The summed E-state index contributed by atoms with van der Waals surface area (Å²) in [5.74, 6) is -2.97. The van der Waals surface area contributed by atoms with Gasteiger partial charge in [-0.15, -0.1) is 0 Å². The number of hydrogen-bond acceptors (Lipinski definition) is 6. The number of sulfonamides is 1. The summed E-state index contributed by atoms with van der Waals surface area (Å²) in [6.45, 7) is 1.58. The number of amides is 1. The molecule has 1 saturated heterocycles. The first kappa shape index (κ1) is 24.4. The van der Waals surface area contributed by atoms with Gasteiger partial charge in [-0.2, -0.15) is 9.71 Å². The number of benzene rings is 2. The third kappa shape index (κ3) is 4.17. The van der Waals surface area contributed by atoms with Crippen LogP contribution in [0.1, 0.15) is 30.1 Å². The Morgan fingerprint density at radius 1 is 1.17 bits per heavy atom. The number of hydrogen-bond donors (Lipinski definition) is 1. The third-order valence-electron chi connectivity index (χ3n) is 6.70. The summed E-state index contributed by atoms with van der Waals surface area (Å²) in [6, 6.07) is 9.35. The zero-order chi connectivity index (χ0) is 25.9. The van der Waals surface area contributed by atoms with Crippen molar-refractivity contribution in [3.63, 3.8) is 0 Å². The largest absolute Gasteiger partial charge is 0.340 e. The summed E-state index contributed by atoms with van der Waals surface area (Å²) in [5.41, 5.74) is -3.75. The lowest BCUT2D eigenvalue weighted by Gasteiger charge is -2.26. The van der Waals surface area contributed by atoms with Crippen molar-refractivity contribution in [3.05, 3.63) is 71.4 Å². The van der Waals surface area contributed by atoms with Crippen molar-refractivity contribution in [1.82, 2.24) is 19.8 Å². The van der Waals surface area contributed by atoms with E-state index in [4.69, 9.17) is 4.52 Å². The lowest BCUT2D eigenvalue weighted by atomic mass is 9.93. The van der Waals surface area contributed by atoms with Crippen molar-refractivity contribution < 1.29 is 30.9 Å². The van der Waals surface area contributed by atoms with Crippen molar-refractivity contribution in [2.24, 2.45) is 5.92 Å². The van der Waals surface area contributed by atoms with Crippen LogP contribution in [0.15, 0.2) is 47.0 Å². The molecule has 0 spiro atoms. The number of nitrogens with zero attached hydrogens (tertiary/aromatic N) is 3. The highest BCUT2D eigenvalue weighted by atomic mass is 32.2. The van der Waals surface area contributed by atoms with Gasteiger partial charge in [0, 0.05) is 19.5 Å². The zero-order valence-corrected chi connectivity index (χ0v) is 20.3. The number of nitrogens with one attached hydrogen (secondary N) is 1. The van der Waals surface area contributed by atoms with Crippen LogP contribution in [0.5, 0.6) is 0 Å². The molecule has 1 amide bonds. The van der Waals surface area contributed by atoms with Crippen LogP contribution in [0.2, 0.25) is 0 Å². The molecule has 0 unspecified atom stereocenters. The Balaban J connectivity index is 1.43. The van der Waals surface area contributed by atoms with Crippen molar-refractivity contribution in [3.8, 4) is 11.1 Å². The fourth-order valence-electron chi connectivity index (χ4n) is 5.00. The Bertz CT molecular complexity index is 1440. The zero-order valence-electron chi connectivity index (χ0n) is 19.5. The summed E-state index contributed by atoms with van der Waals surface area (Å²) in [6.07, 6.45) is 0.965. The van der Waals surface area contributed by atoms with Gasteiger partial charge >= 0.3 is 0 Å². The fourth-order valence-corrected chi connectivity index (χ4v) is 5.97. The van der Waals surface area contributed by atoms with Gasteiger partial charge in [0.05, 0.1) is 17.7 Å². The number of aryl methyl sites for hydroxylation is 1. The van der Waals surface area contributed by atoms with Gasteiger partial charge in [-0.05, 0) is 36.6 Å². The molecule has 1 aliphatic heterocycles. The normalized spacial score (nSPS) is 25.8. The summed E-state index contributed by atoms with van der Waals surface area (Å²) >= 11 is 0. The average molecular weight is 521 g/mol. The summed E-state index contributed by atoms with van der Waals surface area (Å²) < 4.78 is 77.1. The highest BCUT2D eigenvalue weighted by Gasteiger charge is 2.63. The van der Waals surface area contributed by atoms with E-state index in [9.17, 15) is 22.0 Å². The molecular weight excluding hydrogens is 497 g/mol. The Morgan fingerprint density at radius 3 is 2.50 bits per heavy atom. The SMILES string of the molecule is Cc1noc([C@@]2(NS(C)(=O)=O)CCN(C(=O)[C@@H]3C[C@@]3(F)c3ccccc3-c3c(F)cccc3F)C2)n1. The van der Waals surface area contributed by atoms with Crippen LogP contribution in [0, 0.1) is 24.5 Å². The molecule has 5 rings (SSSR count). The molecule has 2 aliphatic rings. The minimum Gasteiger partial charge on any atom is -0.340 e. The van der Waals surface area contributed by atoms with Crippen molar-refractivity contribution in [2.45, 2.75) is 31.0 Å². The number of carbonyl (C=O) groups is 1. The van der Waals surface area contributed by atoms with Crippen molar-refractivity contribution >= 4 is 15.9 Å². The number of aromatic nitrogens is 2. The van der Waals surface area contributed by atoms with Gasteiger partial charge in [0.25, 0.3) is 0 Å². The van der Waals surface area contributed by atoms with Crippen LogP contribution >= 0.6 is 0 Å². The first-order valence-electron chi connectivity index (χ1n) is 11.2. The minimum atomic E-state index is -3.73. The number of rotatable bonds is 6. The van der Waals surface area contributed by atoms with Crippen LogP contribution in [0.3, 0.4) is 0 Å². The predicted octanol–water partition coefficient (Wildman–Crippen LogP) is 3.18. The van der Waals surface area contributed by atoms with Crippen LogP contribution in [-0.4, -0.2) is 48.7 Å². The number of alkyl halides is 1. The molecule has 0 radical (unpaired) electrons. The quantitative estimate of drug-likeness (QED) is 0.535. The molecule has 2 heterocycles. The Hall–Kier alpha value is -3.25. The lowest BCUT2D eigenvalue weighted by molar-refractivity contribution is -0.132. The first-order chi connectivity index (χ1) is 16.9. The van der Waals surface area contributed by atoms with Crippen LogP contribution in [-0.2, 0) is 26.0 Å². The van der Waals surface area contributed by atoms with E-state index in [1.807, 2.05) is 0 Å². The van der Waals surface area contributed by atoms with Crippen molar-refractivity contribution in [2.75, 3.05) is 19.3 Å². The van der Waals surface area contributed by atoms with E-state index in [-0.39, 0.29) is 48.5 Å². The van der Waals surface area contributed by atoms with E-state index in [0.29, 0.717) is 5.82 Å². The second-order valence-corrected chi connectivity index (χ2v) is 11.1. The maximum Gasteiger partial charge on any atom is 0.249 e. The number of halogens is 3. The summed E-state index contributed by atoms with van der Waals surface area (Å²) in [7, 11) is -3.73. The van der Waals surface area contributed by atoms with E-state index in [2.05, 4.69) is 14.9 Å². The van der Waals surface area contributed by atoms with Gasteiger partial charge < -0.3 is 9.42 Å². The second kappa shape index (κ2) is 8.41. The predicted molar refractivity (Wildman–Crippen MR) is 123 cm³/mol. The van der Waals surface area contributed by atoms with Gasteiger partial charge in [-0.25, -0.2) is 21.6 Å². The van der Waals surface area contributed by atoms with E-state index in [1.54, 1.807) is 19.1 Å². The molecule has 2 fully saturated rings. The Morgan fingerprint density at radius 2 is 1.86 bits per heavy atom. The Labute approximate surface area is 205 Å². The molecule has 3 atom stereocenters. The second-order valence-electron chi connectivity index (χ2n) is 9.37. The fraction of sp³-hybridized carbons (Fsp3) is 0.375. The van der Waals surface area contributed by atoms with Crippen molar-refractivity contribution in [1.29, 1.82) is 0 Å². The Kier molecular flexibility index (Phi) is 5.71.